The van der Waals surface area contributed by atoms with Gasteiger partial charge in [-0.3, -0.25) is 4.79 Å². The smallest absolute Gasteiger partial charge is 0.408 e. The first-order valence-electron chi connectivity index (χ1n) is 8.45. The van der Waals surface area contributed by atoms with Crippen LogP contribution in [-0.2, 0) is 19.1 Å². The van der Waals surface area contributed by atoms with Gasteiger partial charge in [0.25, 0.3) is 0 Å². The summed E-state index contributed by atoms with van der Waals surface area (Å²) in [4.78, 5) is 35.9. The van der Waals surface area contributed by atoms with Crippen molar-refractivity contribution in [2.24, 2.45) is 0 Å². The van der Waals surface area contributed by atoms with Gasteiger partial charge in [-0.1, -0.05) is 0 Å². The fourth-order valence-electron chi connectivity index (χ4n) is 2.31. The van der Waals surface area contributed by atoms with Crippen molar-refractivity contribution in [1.29, 1.82) is 0 Å². The second-order valence-corrected chi connectivity index (χ2v) is 6.88. The van der Waals surface area contributed by atoms with E-state index >= 15 is 0 Å². The lowest BCUT2D eigenvalue weighted by Crippen LogP contribution is -2.44. The average Bonchev–Trinajstić information content (AvgIpc) is 3.04. The van der Waals surface area contributed by atoms with E-state index in [2.05, 4.69) is 15.4 Å². The third-order valence-electron chi connectivity index (χ3n) is 3.49. The molecular weight excluding hydrogens is 356 g/mol. The number of hydrogen-bond acceptors (Lipinski definition) is 7. The predicted molar refractivity (Wildman–Crippen MR) is 95.6 cm³/mol. The van der Waals surface area contributed by atoms with E-state index in [-0.39, 0.29) is 25.5 Å². The zero-order chi connectivity index (χ0) is 20.0. The normalized spacial score (nSPS) is 13.5. The lowest BCUT2D eigenvalue weighted by molar-refractivity contribution is -0.143. The molecule has 9 nitrogen and oxygen atoms in total. The highest BCUT2D eigenvalue weighted by Gasteiger charge is 2.25. The van der Waals surface area contributed by atoms with Gasteiger partial charge in [-0.2, -0.15) is 0 Å². The Balaban J connectivity index is 1.88. The summed E-state index contributed by atoms with van der Waals surface area (Å²) < 4.78 is 20.3. The highest BCUT2D eigenvalue weighted by molar-refractivity contribution is 5.91. The Morgan fingerprint density at radius 3 is 2.56 bits per heavy atom. The monoisotopic (exact) mass is 380 g/mol. The Morgan fingerprint density at radius 1 is 1.19 bits per heavy atom. The third-order valence-corrected chi connectivity index (χ3v) is 3.49. The van der Waals surface area contributed by atoms with Crippen LogP contribution in [0, 0.1) is 0 Å². The quantitative estimate of drug-likeness (QED) is 0.728. The number of amides is 2. The topological polar surface area (TPSA) is 112 Å². The molecule has 0 saturated carbocycles. The van der Waals surface area contributed by atoms with Gasteiger partial charge >= 0.3 is 12.1 Å². The van der Waals surface area contributed by atoms with E-state index in [1.807, 2.05) is 0 Å². The molecular formula is C18H24N2O7. The fourth-order valence-corrected chi connectivity index (χ4v) is 2.31. The minimum absolute atomic E-state index is 0.00991. The molecule has 0 unspecified atom stereocenters. The van der Waals surface area contributed by atoms with E-state index in [1.54, 1.807) is 39.0 Å². The van der Waals surface area contributed by atoms with Gasteiger partial charge in [0.05, 0.1) is 7.11 Å². The van der Waals surface area contributed by atoms with Crippen molar-refractivity contribution in [3.05, 3.63) is 18.2 Å². The first kappa shape index (κ1) is 20.3. The van der Waals surface area contributed by atoms with Crippen molar-refractivity contribution >= 4 is 23.7 Å². The Labute approximate surface area is 157 Å². The first-order valence-corrected chi connectivity index (χ1v) is 8.45. The molecule has 0 radical (unpaired) electrons. The summed E-state index contributed by atoms with van der Waals surface area (Å²) in [5.74, 6) is 0.178. The van der Waals surface area contributed by atoms with Crippen molar-refractivity contribution in [3.8, 4) is 11.5 Å². The molecule has 1 aliphatic rings. The summed E-state index contributed by atoms with van der Waals surface area (Å²) in [5, 5.41) is 5.13. The number of nitrogens with one attached hydrogen (secondary N) is 2. The molecule has 0 fully saturated rings. The largest absolute Gasteiger partial charge is 0.467 e. The van der Waals surface area contributed by atoms with E-state index in [9.17, 15) is 14.4 Å². The summed E-state index contributed by atoms with van der Waals surface area (Å²) >= 11 is 0. The van der Waals surface area contributed by atoms with Gasteiger partial charge < -0.3 is 29.6 Å². The van der Waals surface area contributed by atoms with Gasteiger partial charge in [0.2, 0.25) is 12.7 Å². The third kappa shape index (κ3) is 6.36. The van der Waals surface area contributed by atoms with Crippen LogP contribution in [0.25, 0.3) is 0 Å². The van der Waals surface area contributed by atoms with Gasteiger partial charge in [-0.15, -0.1) is 0 Å². The summed E-state index contributed by atoms with van der Waals surface area (Å²) in [7, 11) is 1.21. The summed E-state index contributed by atoms with van der Waals surface area (Å²) in [6.45, 7) is 5.26. The van der Waals surface area contributed by atoms with Crippen LogP contribution in [0.1, 0.15) is 33.6 Å². The molecule has 1 aromatic carbocycles. The molecule has 0 spiro atoms. The van der Waals surface area contributed by atoms with Gasteiger partial charge in [-0.25, -0.2) is 9.59 Å². The maximum atomic E-state index is 12.2. The van der Waals surface area contributed by atoms with E-state index in [0.717, 1.165) is 0 Å². The average molecular weight is 380 g/mol. The van der Waals surface area contributed by atoms with Crippen molar-refractivity contribution in [2.75, 3.05) is 19.2 Å². The molecule has 2 N–H and O–H groups in total. The zero-order valence-corrected chi connectivity index (χ0v) is 15.8. The summed E-state index contributed by atoms with van der Waals surface area (Å²) in [5.41, 5.74) is -0.166. The Morgan fingerprint density at radius 2 is 1.89 bits per heavy atom. The molecule has 27 heavy (non-hydrogen) atoms. The van der Waals surface area contributed by atoms with Gasteiger partial charge in [0, 0.05) is 18.2 Å². The SMILES string of the molecule is COC(=O)[C@H](CCC(=O)Nc1ccc2c(c1)OCO2)NC(=O)OC(C)(C)C. The number of benzene rings is 1. The summed E-state index contributed by atoms with van der Waals surface area (Å²) in [6.07, 6.45) is -0.708. The van der Waals surface area contributed by atoms with Crippen LogP contribution in [0.2, 0.25) is 0 Å². The standard InChI is InChI=1S/C18H24N2O7/c1-18(2,3)27-17(23)20-12(16(22)24-4)6-8-15(21)19-11-5-7-13-14(9-11)26-10-25-13/h5,7,9,12H,6,8,10H2,1-4H3,(H,19,21)(H,20,23)/t12-/m0/s1. The Kier molecular flexibility index (Phi) is 6.49. The number of carbonyl (C=O) groups excluding carboxylic acids is 3. The van der Waals surface area contributed by atoms with Crippen LogP contribution in [-0.4, -0.2) is 43.5 Å². The number of hydrogen-bond donors (Lipinski definition) is 2. The van der Waals surface area contributed by atoms with Crippen molar-refractivity contribution in [3.63, 3.8) is 0 Å². The lowest BCUT2D eigenvalue weighted by Gasteiger charge is -2.22. The van der Waals surface area contributed by atoms with Crippen LogP contribution in [0.15, 0.2) is 18.2 Å². The number of ether oxygens (including phenoxy) is 4. The maximum absolute atomic E-state index is 12.2. The zero-order valence-electron chi connectivity index (χ0n) is 15.8. The molecule has 0 aliphatic carbocycles. The number of rotatable bonds is 6. The molecule has 0 bridgehead atoms. The highest BCUT2D eigenvalue weighted by atomic mass is 16.7. The van der Waals surface area contributed by atoms with Crippen molar-refractivity contribution < 1.29 is 33.3 Å². The fraction of sp³-hybridized carbons (Fsp3) is 0.500. The molecule has 2 amide bonds. The van der Waals surface area contributed by atoms with E-state index in [0.29, 0.717) is 17.2 Å². The molecule has 1 aromatic rings. The number of methoxy groups -OCH3 is 1. The molecule has 2 rings (SSSR count). The van der Waals surface area contributed by atoms with Crippen LogP contribution in [0.5, 0.6) is 11.5 Å². The van der Waals surface area contributed by atoms with Crippen LogP contribution >= 0.6 is 0 Å². The minimum Gasteiger partial charge on any atom is -0.467 e. The van der Waals surface area contributed by atoms with Gasteiger partial charge in [0.15, 0.2) is 11.5 Å². The van der Waals surface area contributed by atoms with Gasteiger partial charge in [-0.05, 0) is 39.3 Å². The first-order chi connectivity index (χ1) is 12.7. The molecule has 0 aromatic heterocycles. The number of alkyl carbamates (subject to hydrolysis) is 1. The molecule has 1 aliphatic heterocycles. The van der Waals surface area contributed by atoms with Crippen molar-refractivity contribution in [1.82, 2.24) is 5.32 Å². The number of esters is 1. The number of fused-ring (bicyclic) bond motifs is 1. The highest BCUT2D eigenvalue weighted by Crippen LogP contribution is 2.34. The summed E-state index contributed by atoms with van der Waals surface area (Å²) in [6, 6.07) is 4.03. The molecule has 148 valence electrons. The van der Waals surface area contributed by atoms with Gasteiger partial charge in [0.1, 0.15) is 11.6 Å². The number of carbonyl (C=O) groups is 3. The van der Waals surface area contributed by atoms with Crippen LogP contribution < -0.4 is 20.1 Å². The number of anilines is 1. The second-order valence-electron chi connectivity index (χ2n) is 6.88. The molecule has 0 saturated heterocycles. The van der Waals surface area contributed by atoms with Crippen LogP contribution in [0.4, 0.5) is 10.5 Å². The Bertz CT molecular complexity index is 712. The van der Waals surface area contributed by atoms with E-state index < -0.39 is 23.7 Å². The van der Waals surface area contributed by atoms with E-state index in [4.69, 9.17) is 14.2 Å². The van der Waals surface area contributed by atoms with Crippen molar-refractivity contribution in [2.45, 2.75) is 45.3 Å². The molecule has 9 heteroatoms. The maximum Gasteiger partial charge on any atom is 0.408 e. The van der Waals surface area contributed by atoms with Crippen LogP contribution in [0.3, 0.4) is 0 Å². The predicted octanol–water partition coefficient (Wildman–Crippen LogP) is 2.20. The molecule has 1 atom stereocenters. The molecule has 1 heterocycles. The second kappa shape index (κ2) is 8.61. The van der Waals surface area contributed by atoms with E-state index in [1.165, 1.54) is 7.11 Å². The minimum atomic E-state index is -0.993. The lowest BCUT2D eigenvalue weighted by atomic mass is 10.1. The Hall–Kier alpha value is -2.97.